The second kappa shape index (κ2) is 9.88. The number of carboxylic acids is 1. The van der Waals surface area contributed by atoms with Crippen molar-refractivity contribution >= 4 is 11.9 Å². The molecule has 0 radical (unpaired) electrons. The molecule has 0 aromatic rings. The lowest BCUT2D eigenvalue weighted by Gasteiger charge is -2.12. The minimum atomic E-state index is -0.786. The van der Waals surface area contributed by atoms with Crippen LogP contribution in [0, 0.1) is 5.92 Å². The minimum absolute atomic E-state index is 0.00298. The predicted molar refractivity (Wildman–Crippen MR) is 71.2 cm³/mol. The van der Waals surface area contributed by atoms with Crippen LogP contribution in [0.4, 0.5) is 0 Å². The van der Waals surface area contributed by atoms with E-state index in [1.807, 2.05) is 13.8 Å². The Bertz CT molecular complexity index is 255. The summed E-state index contributed by atoms with van der Waals surface area (Å²) >= 11 is 0. The summed E-state index contributed by atoms with van der Waals surface area (Å²) in [7, 11) is 0. The fourth-order valence-electron chi connectivity index (χ4n) is 1.66. The summed E-state index contributed by atoms with van der Waals surface area (Å²) in [5.41, 5.74) is 5.64. The topological polar surface area (TPSA) is 92.4 Å². The third-order valence-electron chi connectivity index (χ3n) is 2.86. The third-order valence-corrected chi connectivity index (χ3v) is 2.86. The number of hydrogen-bond donors (Lipinski definition) is 3. The molecule has 106 valence electrons. The highest BCUT2D eigenvalue weighted by molar-refractivity contribution is 5.78. The first-order chi connectivity index (χ1) is 8.43. The molecule has 2 atom stereocenters. The van der Waals surface area contributed by atoms with E-state index in [0.29, 0.717) is 19.4 Å². The van der Waals surface area contributed by atoms with Crippen molar-refractivity contribution < 1.29 is 14.7 Å². The highest BCUT2D eigenvalue weighted by Crippen LogP contribution is 2.09. The number of nitrogens with two attached hydrogens (primary N) is 1. The number of aliphatic carboxylic acids is 1. The van der Waals surface area contributed by atoms with Crippen LogP contribution >= 0.6 is 0 Å². The summed E-state index contributed by atoms with van der Waals surface area (Å²) in [6, 6.07) is 0.191. The van der Waals surface area contributed by atoms with Crippen molar-refractivity contribution in [2.24, 2.45) is 11.7 Å². The highest BCUT2D eigenvalue weighted by atomic mass is 16.4. The SMILES string of the molecule is CC(N)CCCC(C)C(=O)NCCCCC(=O)O. The maximum absolute atomic E-state index is 11.7. The first-order valence-corrected chi connectivity index (χ1v) is 6.68. The molecule has 18 heavy (non-hydrogen) atoms. The van der Waals surface area contributed by atoms with Gasteiger partial charge in [-0.3, -0.25) is 9.59 Å². The van der Waals surface area contributed by atoms with Gasteiger partial charge >= 0.3 is 5.97 Å². The smallest absolute Gasteiger partial charge is 0.303 e. The number of rotatable bonds is 10. The monoisotopic (exact) mass is 258 g/mol. The van der Waals surface area contributed by atoms with E-state index in [4.69, 9.17) is 10.8 Å². The van der Waals surface area contributed by atoms with E-state index in [1.54, 1.807) is 0 Å². The van der Waals surface area contributed by atoms with Gasteiger partial charge in [-0.1, -0.05) is 13.3 Å². The number of amides is 1. The van der Waals surface area contributed by atoms with Gasteiger partial charge in [-0.25, -0.2) is 0 Å². The molecule has 5 heteroatoms. The Balaban J connectivity index is 3.52. The maximum Gasteiger partial charge on any atom is 0.303 e. The molecule has 0 heterocycles. The minimum Gasteiger partial charge on any atom is -0.481 e. The molecule has 0 rings (SSSR count). The first-order valence-electron chi connectivity index (χ1n) is 6.68. The largest absolute Gasteiger partial charge is 0.481 e. The van der Waals surface area contributed by atoms with Crippen LogP contribution in [0.15, 0.2) is 0 Å². The molecule has 0 aliphatic heterocycles. The van der Waals surface area contributed by atoms with Crippen molar-refractivity contribution in [2.75, 3.05) is 6.54 Å². The lowest BCUT2D eigenvalue weighted by Crippen LogP contribution is -2.30. The molecule has 0 aliphatic carbocycles. The summed E-state index contributed by atoms with van der Waals surface area (Å²) in [5, 5.41) is 11.3. The summed E-state index contributed by atoms with van der Waals surface area (Å²) in [6.07, 6.45) is 4.24. The molecule has 0 spiro atoms. The Hall–Kier alpha value is -1.10. The van der Waals surface area contributed by atoms with Crippen LogP contribution in [0.25, 0.3) is 0 Å². The number of carboxylic acid groups (broad SMARTS) is 1. The molecule has 0 aromatic heterocycles. The van der Waals surface area contributed by atoms with Gasteiger partial charge in [0.2, 0.25) is 5.91 Å². The van der Waals surface area contributed by atoms with Crippen LogP contribution in [0.5, 0.6) is 0 Å². The molecule has 0 saturated carbocycles. The molecule has 1 amide bonds. The molecule has 0 aliphatic rings. The van der Waals surface area contributed by atoms with Gasteiger partial charge in [-0.15, -0.1) is 0 Å². The van der Waals surface area contributed by atoms with Crippen LogP contribution in [-0.2, 0) is 9.59 Å². The average molecular weight is 258 g/mol. The summed E-state index contributed by atoms with van der Waals surface area (Å²) in [5.74, 6) is -0.733. The number of carbonyl (C=O) groups excluding carboxylic acids is 1. The van der Waals surface area contributed by atoms with Gasteiger partial charge in [-0.05, 0) is 32.6 Å². The van der Waals surface area contributed by atoms with Crippen LogP contribution in [0.3, 0.4) is 0 Å². The third kappa shape index (κ3) is 10.1. The normalized spacial score (nSPS) is 13.9. The average Bonchev–Trinajstić information content (AvgIpc) is 2.27. The van der Waals surface area contributed by atoms with E-state index in [-0.39, 0.29) is 24.3 Å². The predicted octanol–water partition coefficient (Wildman–Crippen LogP) is 1.51. The van der Waals surface area contributed by atoms with Crippen LogP contribution in [-0.4, -0.2) is 29.6 Å². The first kappa shape index (κ1) is 16.9. The fraction of sp³-hybridized carbons (Fsp3) is 0.846. The van der Waals surface area contributed by atoms with Gasteiger partial charge in [-0.2, -0.15) is 0 Å². The molecule has 2 unspecified atom stereocenters. The number of carbonyl (C=O) groups is 2. The lowest BCUT2D eigenvalue weighted by atomic mass is 10.0. The molecule has 0 aromatic carbocycles. The van der Waals surface area contributed by atoms with Gasteiger partial charge in [0.15, 0.2) is 0 Å². The van der Waals surface area contributed by atoms with E-state index in [2.05, 4.69) is 5.32 Å². The van der Waals surface area contributed by atoms with E-state index in [9.17, 15) is 9.59 Å². The van der Waals surface area contributed by atoms with Gasteiger partial charge in [0, 0.05) is 24.9 Å². The molecular formula is C13H26N2O3. The summed E-state index contributed by atoms with van der Waals surface area (Å²) in [6.45, 7) is 4.44. The quantitative estimate of drug-likeness (QED) is 0.518. The molecule has 5 nitrogen and oxygen atoms in total. The molecule has 0 fully saturated rings. The second-order valence-corrected chi connectivity index (χ2v) is 4.95. The van der Waals surface area contributed by atoms with Crippen molar-refractivity contribution in [1.82, 2.24) is 5.32 Å². The van der Waals surface area contributed by atoms with Crippen molar-refractivity contribution in [3.05, 3.63) is 0 Å². The van der Waals surface area contributed by atoms with Gasteiger partial charge < -0.3 is 16.2 Å². The van der Waals surface area contributed by atoms with Crippen LogP contribution < -0.4 is 11.1 Å². The second-order valence-electron chi connectivity index (χ2n) is 4.95. The van der Waals surface area contributed by atoms with Crippen molar-refractivity contribution in [3.63, 3.8) is 0 Å². The Labute approximate surface area is 109 Å². The Kier molecular flexibility index (Phi) is 9.28. The maximum atomic E-state index is 11.7. The zero-order valence-corrected chi connectivity index (χ0v) is 11.4. The van der Waals surface area contributed by atoms with Crippen molar-refractivity contribution in [1.29, 1.82) is 0 Å². The van der Waals surface area contributed by atoms with Crippen LogP contribution in [0.2, 0.25) is 0 Å². The number of unbranched alkanes of at least 4 members (excludes halogenated alkanes) is 1. The van der Waals surface area contributed by atoms with E-state index < -0.39 is 5.97 Å². The van der Waals surface area contributed by atoms with E-state index in [0.717, 1.165) is 19.3 Å². The Morgan fingerprint density at radius 3 is 2.39 bits per heavy atom. The summed E-state index contributed by atoms with van der Waals surface area (Å²) < 4.78 is 0. The summed E-state index contributed by atoms with van der Waals surface area (Å²) in [4.78, 5) is 21.9. The fourth-order valence-corrected chi connectivity index (χ4v) is 1.66. The number of hydrogen-bond acceptors (Lipinski definition) is 3. The number of nitrogens with one attached hydrogen (secondary N) is 1. The molecule has 0 bridgehead atoms. The van der Waals surface area contributed by atoms with E-state index >= 15 is 0 Å². The van der Waals surface area contributed by atoms with E-state index in [1.165, 1.54) is 0 Å². The Morgan fingerprint density at radius 2 is 1.83 bits per heavy atom. The zero-order valence-electron chi connectivity index (χ0n) is 11.4. The van der Waals surface area contributed by atoms with Gasteiger partial charge in [0.25, 0.3) is 0 Å². The van der Waals surface area contributed by atoms with Crippen molar-refractivity contribution in [3.8, 4) is 0 Å². The molecule has 0 saturated heterocycles. The van der Waals surface area contributed by atoms with Gasteiger partial charge in [0.05, 0.1) is 0 Å². The van der Waals surface area contributed by atoms with Crippen molar-refractivity contribution in [2.45, 2.75) is 58.4 Å². The van der Waals surface area contributed by atoms with Gasteiger partial charge in [0.1, 0.15) is 0 Å². The molecular weight excluding hydrogens is 232 g/mol. The standard InChI is InChI=1S/C13H26N2O3/c1-10(6-5-7-11(2)14)13(18)15-9-4-3-8-12(16)17/h10-11H,3-9,14H2,1-2H3,(H,15,18)(H,16,17). The molecule has 4 N–H and O–H groups in total. The van der Waals surface area contributed by atoms with Crippen LogP contribution in [0.1, 0.15) is 52.4 Å². The highest BCUT2D eigenvalue weighted by Gasteiger charge is 2.11. The zero-order chi connectivity index (χ0) is 14.0. The lowest BCUT2D eigenvalue weighted by molar-refractivity contribution is -0.137. The Morgan fingerprint density at radius 1 is 1.17 bits per heavy atom.